The van der Waals surface area contributed by atoms with Gasteiger partial charge in [0, 0.05) is 12.1 Å². The number of halogens is 1. The highest BCUT2D eigenvalue weighted by Crippen LogP contribution is 2.08. The summed E-state index contributed by atoms with van der Waals surface area (Å²) in [7, 11) is 0. The van der Waals surface area contributed by atoms with Gasteiger partial charge >= 0.3 is 5.97 Å². The molecule has 0 aliphatic heterocycles. The Kier molecular flexibility index (Phi) is 6.58. The maximum Gasteiger partial charge on any atom is 0.306 e. The van der Waals surface area contributed by atoms with Crippen molar-refractivity contribution >= 4 is 34.9 Å². The lowest BCUT2D eigenvalue weighted by molar-refractivity contribution is -0.144. The summed E-state index contributed by atoms with van der Waals surface area (Å²) in [6.45, 7) is 1.97. The van der Waals surface area contributed by atoms with Gasteiger partial charge in [-0.25, -0.2) is 4.39 Å². The van der Waals surface area contributed by atoms with Crippen LogP contribution >= 0.6 is 12.2 Å². The summed E-state index contributed by atoms with van der Waals surface area (Å²) in [4.78, 5) is 22.6. The second kappa shape index (κ2) is 8.21. The van der Waals surface area contributed by atoms with Crippen LogP contribution in [0.2, 0.25) is 0 Å². The average molecular weight is 298 g/mol. The first kappa shape index (κ1) is 16.0. The van der Waals surface area contributed by atoms with E-state index in [1.165, 1.54) is 18.2 Å². The molecule has 0 fully saturated rings. The molecule has 1 rings (SSSR count). The Morgan fingerprint density at radius 1 is 1.35 bits per heavy atom. The number of carbonyl (C=O) groups excluding carboxylic acids is 2. The van der Waals surface area contributed by atoms with Crippen molar-refractivity contribution in [2.45, 2.75) is 19.8 Å². The van der Waals surface area contributed by atoms with Crippen molar-refractivity contribution in [3.05, 3.63) is 30.1 Å². The molecule has 0 aliphatic rings. The minimum Gasteiger partial charge on any atom is -0.466 e. The molecule has 0 radical (unpaired) electrons. The van der Waals surface area contributed by atoms with Gasteiger partial charge in [0.25, 0.3) is 0 Å². The third-order valence-electron chi connectivity index (χ3n) is 2.20. The Balaban J connectivity index is 2.35. The van der Waals surface area contributed by atoms with Crippen molar-refractivity contribution in [1.29, 1.82) is 0 Å². The zero-order chi connectivity index (χ0) is 15.0. The van der Waals surface area contributed by atoms with Crippen LogP contribution in [0.5, 0.6) is 0 Å². The predicted octanol–water partition coefficient (Wildman–Crippen LogP) is 1.98. The third kappa shape index (κ3) is 6.24. The Morgan fingerprint density at radius 3 is 2.75 bits per heavy atom. The lowest BCUT2D eigenvalue weighted by Gasteiger charge is -2.09. The van der Waals surface area contributed by atoms with E-state index < -0.39 is 17.7 Å². The Hall–Kier alpha value is -2.02. The highest BCUT2D eigenvalue weighted by molar-refractivity contribution is 7.80. The van der Waals surface area contributed by atoms with Gasteiger partial charge in [-0.3, -0.25) is 9.59 Å². The SMILES string of the molecule is CCOC(=O)CCC(=O)NC(=S)Nc1cccc(F)c1. The number of hydrogen-bond donors (Lipinski definition) is 2. The van der Waals surface area contributed by atoms with Gasteiger partial charge < -0.3 is 15.4 Å². The Morgan fingerprint density at radius 2 is 2.10 bits per heavy atom. The molecule has 20 heavy (non-hydrogen) atoms. The summed E-state index contributed by atoms with van der Waals surface area (Å²) in [5.41, 5.74) is 0.431. The number of ether oxygens (including phenoxy) is 1. The van der Waals surface area contributed by atoms with E-state index in [4.69, 9.17) is 17.0 Å². The molecular weight excluding hydrogens is 283 g/mol. The number of benzene rings is 1. The molecule has 1 amide bonds. The van der Waals surface area contributed by atoms with Crippen molar-refractivity contribution in [1.82, 2.24) is 5.32 Å². The van der Waals surface area contributed by atoms with Crippen molar-refractivity contribution in [2.75, 3.05) is 11.9 Å². The molecule has 0 bridgehead atoms. The topological polar surface area (TPSA) is 67.4 Å². The molecule has 0 unspecified atom stereocenters. The molecule has 1 aromatic rings. The van der Waals surface area contributed by atoms with Crippen molar-refractivity contribution in [3.63, 3.8) is 0 Å². The zero-order valence-electron chi connectivity index (χ0n) is 10.9. The predicted molar refractivity (Wildman–Crippen MR) is 76.6 cm³/mol. The number of carbonyl (C=O) groups is 2. The Labute approximate surface area is 121 Å². The summed E-state index contributed by atoms with van der Waals surface area (Å²) in [6.07, 6.45) is -0.0357. The van der Waals surface area contributed by atoms with Crippen LogP contribution in [-0.4, -0.2) is 23.6 Å². The molecule has 7 heteroatoms. The summed E-state index contributed by atoms with van der Waals surface area (Å²) in [6, 6.07) is 5.67. The maximum absolute atomic E-state index is 12.9. The minimum atomic E-state index is -0.438. The summed E-state index contributed by atoms with van der Waals surface area (Å²) < 4.78 is 17.6. The second-order valence-corrected chi connectivity index (χ2v) is 4.23. The van der Waals surface area contributed by atoms with Gasteiger partial charge in [-0.05, 0) is 37.3 Å². The summed E-state index contributed by atoms with van der Waals surface area (Å²) in [5, 5.41) is 5.11. The fourth-order valence-corrected chi connectivity index (χ4v) is 1.60. The maximum atomic E-state index is 12.9. The van der Waals surface area contributed by atoms with Crippen LogP contribution in [-0.2, 0) is 14.3 Å². The van der Waals surface area contributed by atoms with Gasteiger partial charge in [0.2, 0.25) is 5.91 Å². The van der Waals surface area contributed by atoms with E-state index in [1.807, 2.05) is 0 Å². The minimum absolute atomic E-state index is 0.0117. The Bertz CT molecular complexity index is 508. The number of nitrogens with one attached hydrogen (secondary N) is 2. The number of anilines is 1. The van der Waals surface area contributed by atoms with Crippen molar-refractivity contribution in [3.8, 4) is 0 Å². The van der Waals surface area contributed by atoms with Gasteiger partial charge in [-0.2, -0.15) is 0 Å². The van der Waals surface area contributed by atoms with Crippen LogP contribution < -0.4 is 10.6 Å². The lowest BCUT2D eigenvalue weighted by Crippen LogP contribution is -2.34. The highest BCUT2D eigenvalue weighted by atomic mass is 32.1. The highest BCUT2D eigenvalue weighted by Gasteiger charge is 2.09. The molecule has 108 valence electrons. The normalized spacial score (nSPS) is 9.70. The second-order valence-electron chi connectivity index (χ2n) is 3.82. The molecule has 2 N–H and O–H groups in total. The van der Waals surface area contributed by atoms with E-state index in [9.17, 15) is 14.0 Å². The van der Waals surface area contributed by atoms with Crippen LogP contribution in [0, 0.1) is 5.82 Å². The fourth-order valence-electron chi connectivity index (χ4n) is 1.37. The van der Waals surface area contributed by atoms with E-state index in [0.717, 1.165) is 0 Å². The molecule has 0 heterocycles. The number of amides is 1. The molecule has 0 aromatic heterocycles. The first-order chi connectivity index (χ1) is 9.51. The first-order valence-electron chi connectivity index (χ1n) is 6.03. The zero-order valence-corrected chi connectivity index (χ0v) is 11.8. The molecule has 5 nitrogen and oxygen atoms in total. The average Bonchev–Trinajstić information content (AvgIpc) is 2.36. The van der Waals surface area contributed by atoms with E-state index >= 15 is 0 Å². The molecule has 0 aliphatic carbocycles. The van der Waals surface area contributed by atoms with Gasteiger partial charge in [0.05, 0.1) is 13.0 Å². The largest absolute Gasteiger partial charge is 0.466 e. The molecule has 0 spiro atoms. The fraction of sp³-hybridized carbons (Fsp3) is 0.308. The summed E-state index contributed by atoms with van der Waals surface area (Å²) in [5.74, 6) is -1.26. The third-order valence-corrected chi connectivity index (χ3v) is 2.40. The smallest absolute Gasteiger partial charge is 0.306 e. The van der Waals surface area contributed by atoms with Crippen LogP contribution in [0.4, 0.5) is 10.1 Å². The van der Waals surface area contributed by atoms with Crippen LogP contribution in [0.25, 0.3) is 0 Å². The number of rotatable bonds is 5. The summed E-state index contributed by atoms with van der Waals surface area (Å²) >= 11 is 4.90. The van der Waals surface area contributed by atoms with Gasteiger partial charge in [0.1, 0.15) is 5.82 Å². The molecular formula is C13H15FN2O3S. The monoisotopic (exact) mass is 298 g/mol. The van der Waals surface area contributed by atoms with Crippen molar-refractivity contribution < 1.29 is 18.7 Å². The first-order valence-corrected chi connectivity index (χ1v) is 6.44. The standard InChI is InChI=1S/C13H15FN2O3S/c1-2-19-12(18)7-6-11(17)16-13(20)15-10-5-3-4-9(14)8-10/h3-5,8H,2,6-7H2,1H3,(H2,15,16,17,20). The number of esters is 1. The molecule has 0 atom stereocenters. The quantitative estimate of drug-likeness (QED) is 0.643. The molecule has 0 saturated carbocycles. The van der Waals surface area contributed by atoms with E-state index in [2.05, 4.69) is 10.6 Å². The van der Waals surface area contributed by atoms with Gasteiger partial charge in [0.15, 0.2) is 5.11 Å². The van der Waals surface area contributed by atoms with Crippen LogP contribution in [0.15, 0.2) is 24.3 Å². The van der Waals surface area contributed by atoms with Crippen LogP contribution in [0.3, 0.4) is 0 Å². The van der Waals surface area contributed by atoms with Gasteiger partial charge in [-0.15, -0.1) is 0 Å². The van der Waals surface area contributed by atoms with E-state index in [1.54, 1.807) is 13.0 Å². The van der Waals surface area contributed by atoms with E-state index in [-0.39, 0.29) is 24.6 Å². The number of thiocarbonyl (C=S) groups is 1. The molecule has 0 saturated heterocycles. The van der Waals surface area contributed by atoms with Crippen LogP contribution in [0.1, 0.15) is 19.8 Å². The van der Waals surface area contributed by atoms with Gasteiger partial charge in [-0.1, -0.05) is 6.07 Å². The van der Waals surface area contributed by atoms with E-state index in [0.29, 0.717) is 5.69 Å². The lowest BCUT2D eigenvalue weighted by atomic mass is 10.3. The molecule has 1 aromatic carbocycles. The van der Waals surface area contributed by atoms with Crippen molar-refractivity contribution in [2.24, 2.45) is 0 Å². The number of hydrogen-bond acceptors (Lipinski definition) is 4.